The van der Waals surface area contributed by atoms with Gasteiger partial charge in [-0.15, -0.1) is 5.10 Å². The lowest BCUT2D eigenvalue weighted by molar-refractivity contribution is -0.116. The minimum absolute atomic E-state index is 0.118. The molecule has 2 N–H and O–H groups in total. The Morgan fingerprint density at radius 3 is 2.68 bits per heavy atom. The van der Waals surface area contributed by atoms with Crippen molar-refractivity contribution in [2.75, 3.05) is 5.32 Å². The quantitative estimate of drug-likeness (QED) is 0.678. The van der Waals surface area contributed by atoms with Crippen molar-refractivity contribution in [3.05, 3.63) is 70.4 Å². The number of anilines is 1. The highest BCUT2D eigenvalue weighted by atomic mass is 35.5. The van der Waals surface area contributed by atoms with Crippen LogP contribution >= 0.6 is 11.6 Å². The number of allylic oxidation sites excluding steroid dienone is 2. The van der Waals surface area contributed by atoms with E-state index in [1.54, 1.807) is 22.9 Å². The molecule has 0 spiro atoms. The van der Waals surface area contributed by atoms with Crippen LogP contribution in [0.2, 0.25) is 5.02 Å². The first-order valence-corrected chi connectivity index (χ1v) is 9.53. The lowest BCUT2D eigenvalue weighted by atomic mass is 9.85. The van der Waals surface area contributed by atoms with E-state index in [0.29, 0.717) is 23.2 Å². The van der Waals surface area contributed by atoms with Gasteiger partial charge in [0.05, 0.1) is 5.02 Å². The van der Waals surface area contributed by atoms with E-state index in [1.807, 2.05) is 30.3 Å². The maximum Gasteiger partial charge on any atom is 0.226 e. The molecule has 0 radical (unpaired) electrons. The van der Waals surface area contributed by atoms with Crippen LogP contribution in [-0.2, 0) is 4.79 Å². The SMILES string of the molecule is O=C1CCCC2=C1[C@H](c1ccc(O)cc1)n1nc(-c3ccccc3Cl)nc1N2. The number of aromatic hydroxyl groups is 1. The molecule has 3 aromatic rings. The van der Waals surface area contributed by atoms with Gasteiger partial charge < -0.3 is 10.4 Å². The van der Waals surface area contributed by atoms with Gasteiger partial charge in [-0.2, -0.15) is 4.98 Å². The van der Waals surface area contributed by atoms with E-state index in [1.165, 1.54) is 0 Å². The molecule has 1 aliphatic carbocycles. The van der Waals surface area contributed by atoms with Crippen LogP contribution in [0.4, 0.5) is 5.95 Å². The molecule has 1 aliphatic heterocycles. The number of rotatable bonds is 2. The molecule has 28 heavy (non-hydrogen) atoms. The Morgan fingerprint density at radius 1 is 1.11 bits per heavy atom. The second-order valence-electron chi connectivity index (χ2n) is 6.97. The molecule has 0 bridgehead atoms. The Balaban J connectivity index is 1.69. The average Bonchev–Trinajstić information content (AvgIpc) is 3.11. The number of fused-ring (bicyclic) bond motifs is 1. The molecule has 5 rings (SSSR count). The van der Waals surface area contributed by atoms with Crippen LogP contribution in [0, 0.1) is 0 Å². The van der Waals surface area contributed by atoms with Crippen LogP contribution in [0.3, 0.4) is 0 Å². The highest BCUT2D eigenvalue weighted by molar-refractivity contribution is 6.33. The first-order valence-electron chi connectivity index (χ1n) is 9.15. The molecule has 2 heterocycles. The van der Waals surface area contributed by atoms with Crippen LogP contribution in [0.25, 0.3) is 11.4 Å². The summed E-state index contributed by atoms with van der Waals surface area (Å²) in [5.41, 5.74) is 3.24. The van der Waals surface area contributed by atoms with E-state index in [4.69, 9.17) is 16.7 Å². The Bertz CT molecular complexity index is 1120. The lowest BCUT2D eigenvalue weighted by Crippen LogP contribution is -2.31. The molecule has 0 saturated carbocycles. The van der Waals surface area contributed by atoms with Gasteiger partial charge in [-0.05, 0) is 42.7 Å². The highest BCUT2D eigenvalue weighted by Gasteiger charge is 2.37. The maximum absolute atomic E-state index is 12.8. The third kappa shape index (κ3) is 2.68. The number of hydrogen-bond donors (Lipinski definition) is 2. The summed E-state index contributed by atoms with van der Waals surface area (Å²) >= 11 is 6.34. The van der Waals surface area contributed by atoms with Crippen LogP contribution in [0.5, 0.6) is 5.75 Å². The lowest BCUT2D eigenvalue weighted by Gasteiger charge is -2.32. The number of carbonyl (C=O) groups excluding carboxylic acids is 1. The van der Waals surface area contributed by atoms with E-state index in [0.717, 1.165) is 35.2 Å². The zero-order chi connectivity index (χ0) is 19.3. The van der Waals surface area contributed by atoms with Crippen LogP contribution in [-0.4, -0.2) is 25.7 Å². The van der Waals surface area contributed by atoms with Gasteiger partial charge in [-0.1, -0.05) is 35.9 Å². The number of aromatic nitrogens is 3. The fraction of sp³-hybridized carbons (Fsp3) is 0.190. The number of Topliss-reactive ketones (excluding diaryl/α,β-unsaturated/α-hetero) is 1. The fourth-order valence-electron chi connectivity index (χ4n) is 3.88. The van der Waals surface area contributed by atoms with Gasteiger partial charge in [0.1, 0.15) is 11.8 Å². The van der Waals surface area contributed by atoms with Crippen molar-refractivity contribution in [3.8, 4) is 17.1 Å². The minimum atomic E-state index is -0.386. The Labute approximate surface area is 166 Å². The van der Waals surface area contributed by atoms with Gasteiger partial charge in [0, 0.05) is 23.3 Å². The van der Waals surface area contributed by atoms with Crippen LogP contribution in [0.15, 0.2) is 59.8 Å². The number of benzene rings is 2. The zero-order valence-electron chi connectivity index (χ0n) is 14.9. The predicted molar refractivity (Wildman–Crippen MR) is 106 cm³/mol. The van der Waals surface area contributed by atoms with Gasteiger partial charge >= 0.3 is 0 Å². The molecule has 6 nitrogen and oxygen atoms in total. The maximum atomic E-state index is 12.8. The van der Waals surface area contributed by atoms with Gasteiger partial charge in [0.2, 0.25) is 5.95 Å². The number of nitrogens with zero attached hydrogens (tertiary/aromatic N) is 3. The zero-order valence-corrected chi connectivity index (χ0v) is 15.6. The molecule has 0 unspecified atom stereocenters. The molecule has 140 valence electrons. The van der Waals surface area contributed by atoms with Crippen molar-refractivity contribution in [3.63, 3.8) is 0 Å². The number of phenolic OH excluding ortho intramolecular Hbond substituents is 1. The molecule has 7 heteroatoms. The normalized spacial score (nSPS) is 18.5. The third-order valence-electron chi connectivity index (χ3n) is 5.19. The number of ketones is 1. The Morgan fingerprint density at radius 2 is 1.89 bits per heavy atom. The van der Waals surface area contributed by atoms with Crippen molar-refractivity contribution < 1.29 is 9.90 Å². The first-order chi connectivity index (χ1) is 13.6. The number of carbonyl (C=O) groups is 1. The minimum Gasteiger partial charge on any atom is -0.508 e. The summed E-state index contributed by atoms with van der Waals surface area (Å²) in [5, 5.41) is 18.3. The number of hydrogen-bond acceptors (Lipinski definition) is 5. The Kier molecular flexibility index (Phi) is 3.94. The summed E-state index contributed by atoms with van der Waals surface area (Å²) in [6, 6.07) is 13.9. The summed E-state index contributed by atoms with van der Waals surface area (Å²) in [5.74, 6) is 1.38. The van der Waals surface area contributed by atoms with Crippen LogP contribution in [0.1, 0.15) is 30.9 Å². The smallest absolute Gasteiger partial charge is 0.226 e. The standard InChI is InChI=1S/C21H17ClN4O2/c22-15-5-2-1-4-14(15)20-24-21-23-16-6-3-7-17(28)18(16)19(26(21)25-20)12-8-10-13(27)11-9-12/h1-2,4-5,8-11,19,27H,3,6-7H2,(H,23,24,25)/t19-/m0/s1. The van der Waals surface area contributed by atoms with E-state index in [2.05, 4.69) is 10.3 Å². The van der Waals surface area contributed by atoms with Crippen molar-refractivity contribution in [2.45, 2.75) is 25.3 Å². The number of halogens is 1. The molecule has 2 aliphatic rings. The fourth-order valence-corrected chi connectivity index (χ4v) is 4.10. The monoisotopic (exact) mass is 392 g/mol. The summed E-state index contributed by atoms with van der Waals surface area (Å²) in [6.45, 7) is 0. The predicted octanol–water partition coefficient (Wildman–Crippen LogP) is 4.33. The summed E-state index contributed by atoms with van der Waals surface area (Å²) < 4.78 is 1.74. The Hall–Kier alpha value is -3.12. The second-order valence-corrected chi connectivity index (χ2v) is 7.38. The van der Waals surface area contributed by atoms with E-state index in [9.17, 15) is 9.90 Å². The van der Waals surface area contributed by atoms with Crippen molar-refractivity contribution in [2.24, 2.45) is 0 Å². The topological polar surface area (TPSA) is 80.0 Å². The molecule has 1 aromatic heterocycles. The van der Waals surface area contributed by atoms with Crippen LogP contribution < -0.4 is 5.32 Å². The molecule has 2 aromatic carbocycles. The van der Waals surface area contributed by atoms with E-state index >= 15 is 0 Å². The van der Waals surface area contributed by atoms with Gasteiger partial charge in [-0.3, -0.25) is 4.79 Å². The van der Waals surface area contributed by atoms with E-state index < -0.39 is 0 Å². The highest BCUT2D eigenvalue weighted by Crippen LogP contribution is 2.41. The molecular weight excluding hydrogens is 376 g/mol. The first kappa shape index (κ1) is 17.0. The molecule has 0 saturated heterocycles. The average molecular weight is 393 g/mol. The molecule has 0 amide bonds. The molecular formula is C21H17ClN4O2. The van der Waals surface area contributed by atoms with Gasteiger partial charge in [0.15, 0.2) is 11.6 Å². The summed E-state index contributed by atoms with van der Waals surface area (Å²) in [4.78, 5) is 17.4. The largest absolute Gasteiger partial charge is 0.508 e. The molecule has 1 atom stereocenters. The number of nitrogens with one attached hydrogen (secondary N) is 1. The van der Waals surface area contributed by atoms with Crippen molar-refractivity contribution in [1.29, 1.82) is 0 Å². The van der Waals surface area contributed by atoms with Crippen molar-refractivity contribution in [1.82, 2.24) is 14.8 Å². The summed E-state index contributed by atoms with van der Waals surface area (Å²) in [7, 11) is 0. The molecule has 0 fully saturated rings. The van der Waals surface area contributed by atoms with Gasteiger partial charge in [-0.25, -0.2) is 4.68 Å². The second kappa shape index (κ2) is 6.49. The third-order valence-corrected chi connectivity index (χ3v) is 5.52. The van der Waals surface area contributed by atoms with E-state index in [-0.39, 0.29) is 17.6 Å². The van der Waals surface area contributed by atoms with Gasteiger partial charge in [0.25, 0.3) is 0 Å². The number of phenols is 1. The summed E-state index contributed by atoms with van der Waals surface area (Å²) in [6.07, 6.45) is 2.14. The van der Waals surface area contributed by atoms with Crippen molar-refractivity contribution >= 4 is 23.3 Å².